The first-order chi connectivity index (χ1) is 11.4. The van der Waals surface area contributed by atoms with E-state index in [2.05, 4.69) is 15.0 Å². The summed E-state index contributed by atoms with van der Waals surface area (Å²) >= 11 is 0. The van der Waals surface area contributed by atoms with E-state index in [1.54, 1.807) is 0 Å². The lowest BCUT2D eigenvalue weighted by Crippen LogP contribution is -2.31. The molecule has 0 fully saturated rings. The summed E-state index contributed by atoms with van der Waals surface area (Å²) in [7, 11) is 1.16. The van der Waals surface area contributed by atoms with Crippen LogP contribution in [0.1, 0.15) is 34.1 Å². The SMILES string of the molecule is COC(=O)C[C@H](NC(=O)c1cc(C#N)c[nH]1)c1ccc(F)cc1F. The van der Waals surface area contributed by atoms with Crippen molar-refractivity contribution < 1.29 is 23.1 Å². The van der Waals surface area contributed by atoms with Crippen molar-refractivity contribution in [3.63, 3.8) is 0 Å². The van der Waals surface area contributed by atoms with Crippen molar-refractivity contribution in [3.8, 4) is 6.07 Å². The standard InChI is InChI=1S/C16H13F2N3O3/c1-24-15(22)6-13(11-3-2-10(17)5-12(11)18)21-16(23)14-4-9(7-19)8-20-14/h2-5,8,13,20H,6H2,1H3,(H,21,23)/t13-/m0/s1. The average Bonchev–Trinajstić information content (AvgIpc) is 3.03. The van der Waals surface area contributed by atoms with Crippen molar-refractivity contribution in [2.75, 3.05) is 7.11 Å². The fourth-order valence-corrected chi connectivity index (χ4v) is 2.10. The lowest BCUT2D eigenvalue weighted by molar-refractivity contribution is -0.141. The number of rotatable bonds is 5. The summed E-state index contributed by atoms with van der Waals surface area (Å²) in [6.45, 7) is 0. The van der Waals surface area contributed by atoms with Gasteiger partial charge in [0.1, 0.15) is 23.4 Å². The van der Waals surface area contributed by atoms with E-state index in [1.165, 1.54) is 12.3 Å². The highest BCUT2D eigenvalue weighted by atomic mass is 19.1. The maximum atomic E-state index is 14.0. The zero-order valence-corrected chi connectivity index (χ0v) is 12.6. The van der Waals surface area contributed by atoms with Crippen LogP contribution in [0.2, 0.25) is 0 Å². The van der Waals surface area contributed by atoms with Gasteiger partial charge in [0.05, 0.1) is 25.1 Å². The lowest BCUT2D eigenvalue weighted by Gasteiger charge is -2.18. The van der Waals surface area contributed by atoms with Crippen LogP contribution in [0.15, 0.2) is 30.5 Å². The molecule has 0 bridgehead atoms. The largest absolute Gasteiger partial charge is 0.469 e. The van der Waals surface area contributed by atoms with Gasteiger partial charge in [0.2, 0.25) is 0 Å². The number of hydrogen-bond acceptors (Lipinski definition) is 4. The number of halogens is 2. The minimum atomic E-state index is -1.06. The number of nitriles is 1. The van der Waals surface area contributed by atoms with Crippen molar-refractivity contribution >= 4 is 11.9 Å². The fourth-order valence-electron chi connectivity index (χ4n) is 2.10. The van der Waals surface area contributed by atoms with E-state index in [0.717, 1.165) is 19.2 Å². The second kappa shape index (κ2) is 7.37. The second-order valence-electron chi connectivity index (χ2n) is 4.89. The van der Waals surface area contributed by atoms with Gasteiger partial charge in [0.25, 0.3) is 5.91 Å². The molecular weight excluding hydrogens is 320 g/mol. The number of H-pyrrole nitrogens is 1. The van der Waals surface area contributed by atoms with E-state index < -0.39 is 29.6 Å². The minimum absolute atomic E-state index is 0.0535. The summed E-state index contributed by atoms with van der Waals surface area (Å²) in [5.74, 6) is -2.99. The highest BCUT2D eigenvalue weighted by Crippen LogP contribution is 2.22. The van der Waals surface area contributed by atoms with Crippen LogP contribution in [0.5, 0.6) is 0 Å². The number of benzene rings is 1. The zero-order valence-electron chi connectivity index (χ0n) is 12.6. The number of carbonyl (C=O) groups is 2. The number of esters is 1. The molecule has 1 aromatic heterocycles. The summed E-state index contributed by atoms with van der Waals surface area (Å²) in [4.78, 5) is 26.3. The Bertz CT molecular complexity index is 811. The highest BCUT2D eigenvalue weighted by Gasteiger charge is 2.23. The molecule has 8 heteroatoms. The van der Waals surface area contributed by atoms with Crippen LogP contribution in [0.3, 0.4) is 0 Å². The number of aromatic amines is 1. The third-order valence-corrected chi connectivity index (χ3v) is 3.30. The molecule has 2 N–H and O–H groups in total. The zero-order chi connectivity index (χ0) is 17.7. The molecule has 1 aromatic carbocycles. The number of aromatic nitrogens is 1. The Labute approximate surface area is 136 Å². The van der Waals surface area contributed by atoms with Gasteiger partial charge in [-0.1, -0.05) is 6.07 Å². The quantitative estimate of drug-likeness (QED) is 0.820. The summed E-state index contributed by atoms with van der Waals surface area (Å²) in [6, 6.07) is 4.94. The van der Waals surface area contributed by atoms with Gasteiger partial charge in [0.15, 0.2) is 0 Å². The van der Waals surface area contributed by atoms with Gasteiger partial charge >= 0.3 is 5.97 Å². The van der Waals surface area contributed by atoms with Crippen molar-refractivity contribution in [1.29, 1.82) is 5.26 Å². The molecule has 0 unspecified atom stereocenters. The molecule has 6 nitrogen and oxygen atoms in total. The fraction of sp³-hybridized carbons (Fsp3) is 0.188. The number of carbonyl (C=O) groups excluding carboxylic acids is 2. The molecule has 24 heavy (non-hydrogen) atoms. The molecule has 0 spiro atoms. The Kier molecular flexibility index (Phi) is 5.27. The first-order valence-electron chi connectivity index (χ1n) is 6.85. The van der Waals surface area contributed by atoms with E-state index in [0.29, 0.717) is 6.07 Å². The number of hydrogen-bond donors (Lipinski definition) is 2. The number of ether oxygens (including phenoxy) is 1. The number of amides is 1. The van der Waals surface area contributed by atoms with Gasteiger partial charge in [0, 0.05) is 17.8 Å². The van der Waals surface area contributed by atoms with Crippen molar-refractivity contribution in [2.24, 2.45) is 0 Å². The third kappa shape index (κ3) is 3.95. The van der Waals surface area contributed by atoms with Gasteiger partial charge in [-0.2, -0.15) is 5.26 Å². The molecule has 0 aliphatic heterocycles. The Morgan fingerprint density at radius 1 is 1.38 bits per heavy atom. The third-order valence-electron chi connectivity index (χ3n) is 3.30. The minimum Gasteiger partial charge on any atom is -0.469 e. The summed E-state index contributed by atoms with van der Waals surface area (Å²) < 4.78 is 31.6. The maximum absolute atomic E-state index is 14.0. The molecule has 2 aromatic rings. The Morgan fingerprint density at radius 3 is 2.71 bits per heavy atom. The molecule has 1 heterocycles. The topological polar surface area (TPSA) is 95.0 Å². The van der Waals surface area contributed by atoms with Gasteiger partial charge in [-0.15, -0.1) is 0 Å². The van der Waals surface area contributed by atoms with E-state index in [1.807, 2.05) is 6.07 Å². The molecule has 0 aliphatic carbocycles. The average molecular weight is 333 g/mol. The van der Waals surface area contributed by atoms with Crippen LogP contribution < -0.4 is 5.32 Å². The van der Waals surface area contributed by atoms with Gasteiger partial charge in [-0.25, -0.2) is 8.78 Å². The first kappa shape index (κ1) is 17.1. The van der Waals surface area contributed by atoms with Crippen LogP contribution in [0, 0.1) is 23.0 Å². The van der Waals surface area contributed by atoms with E-state index in [4.69, 9.17) is 5.26 Å². The molecular formula is C16H13F2N3O3. The molecule has 1 atom stereocenters. The molecule has 124 valence electrons. The first-order valence-corrected chi connectivity index (χ1v) is 6.85. The number of nitrogens with one attached hydrogen (secondary N) is 2. The molecule has 0 saturated carbocycles. The molecule has 0 radical (unpaired) electrons. The van der Waals surface area contributed by atoms with Crippen LogP contribution in [0.25, 0.3) is 0 Å². The summed E-state index contributed by atoms with van der Waals surface area (Å²) in [6.07, 6.45) is 0.999. The maximum Gasteiger partial charge on any atom is 0.307 e. The summed E-state index contributed by atoms with van der Waals surface area (Å²) in [5.41, 5.74) is 0.267. The summed E-state index contributed by atoms with van der Waals surface area (Å²) in [5, 5.41) is 11.2. The second-order valence-corrected chi connectivity index (χ2v) is 4.89. The van der Waals surface area contributed by atoms with Crippen LogP contribution >= 0.6 is 0 Å². The normalized spacial score (nSPS) is 11.4. The smallest absolute Gasteiger partial charge is 0.307 e. The number of methoxy groups -OCH3 is 1. The van der Waals surface area contributed by atoms with Crippen molar-refractivity contribution in [1.82, 2.24) is 10.3 Å². The van der Waals surface area contributed by atoms with Gasteiger partial charge in [-0.05, 0) is 12.1 Å². The van der Waals surface area contributed by atoms with E-state index in [-0.39, 0.29) is 23.2 Å². The predicted molar refractivity (Wildman–Crippen MR) is 78.7 cm³/mol. The lowest BCUT2D eigenvalue weighted by atomic mass is 10.0. The predicted octanol–water partition coefficient (Wildman–Crippen LogP) is 2.20. The van der Waals surface area contributed by atoms with E-state index >= 15 is 0 Å². The molecule has 2 rings (SSSR count). The Hall–Kier alpha value is -3.21. The highest BCUT2D eigenvalue weighted by molar-refractivity contribution is 5.93. The van der Waals surface area contributed by atoms with E-state index in [9.17, 15) is 18.4 Å². The van der Waals surface area contributed by atoms with Crippen LogP contribution in [-0.4, -0.2) is 24.0 Å². The Balaban J connectivity index is 2.27. The van der Waals surface area contributed by atoms with Crippen LogP contribution in [-0.2, 0) is 9.53 Å². The Morgan fingerprint density at radius 2 is 2.12 bits per heavy atom. The molecule has 0 aliphatic rings. The molecule has 0 saturated heterocycles. The van der Waals surface area contributed by atoms with Gasteiger partial charge in [-0.3, -0.25) is 9.59 Å². The van der Waals surface area contributed by atoms with Crippen LogP contribution in [0.4, 0.5) is 8.78 Å². The molecule has 1 amide bonds. The van der Waals surface area contributed by atoms with Gasteiger partial charge < -0.3 is 15.0 Å². The number of nitrogens with zero attached hydrogens (tertiary/aromatic N) is 1. The van der Waals surface area contributed by atoms with Crippen molar-refractivity contribution in [2.45, 2.75) is 12.5 Å². The monoisotopic (exact) mass is 333 g/mol. The van der Waals surface area contributed by atoms with Crippen molar-refractivity contribution in [3.05, 3.63) is 58.9 Å².